The van der Waals surface area contributed by atoms with E-state index in [1.807, 2.05) is 41.3 Å². The predicted molar refractivity (Wildman–Crippen MR) is 143 cm³/mol. The number of nitrogens with zero attached hydrogens (tertiary/aromatic N) is 2. The zero-order valence-electron chi connectivity index (χ0n) is 21.7. The summed E-state index contributed by atoms with van der Waals surface area (Å²) in [4.78, 5) is 17.9. The van der Waals surface area contributed by atoms with Crippen molar-refractivity contribution >= 4 is 18.3 Å². The van der Waals surface area contributed by atoms with Gasteiger partial charge in [0.1, 0.15) is 11.5 Å². The second-order valence-electron chi connectivity index (χ2n) is 9.41. The van der Waals surface area contributed by atoms with Crippen LogP contribution in [0, 0.1) is 5.92 Å². The van der Waals surface area contributed by atoms with Crippen LogP contribution in [0.15, 0.2) is 36.4 Å². The van der Waals surface area contributed by atoms with E-state index in [1.165, 1.54) is 19.3 Å². The molecule has 2 aliphatic rings. The molecule has 1 saturated heterocycles. The van der Waals surface area contributed by atoms with Crippen LogP contribution < -0.4 is 18.9 Å². The lowest BCUT2D eigenvalue weighted by atomic mass is 9.95. The van der Waals surface area contributed by atoms with E-state index in [4.69, 9.17) is 18.9 Å². The topological polar surface area (TPSA) is 60.5 Å². The Kier molecular flexibility index (Phi) is 10.6. The number of ether oxygens (including phenoxy) is 4. The van der Waals surface area contributed by atoms with Crippen molar-refractivity contribution in [3.05, 3.63) is 47.5 Å². The van der Waals surface area contributed by atoms with E-state index < -0.39 is 0 Å². The first-order valence-electron chi connectivity index (χ1n) is 12.6. The first-order chi connectivity index (χ1) is 17.1. The highest BCUT2D eigenvalue weighted by atomic mass is 35.5. The fourth-order valence-corrected chi connectivity index (χ4v) is 5.16. The molecular formula is C28H39ClN2O5. The smallest absolute Gasteiger partial charge is 0.254 e. The van der Waals surface area contributed by atoms with E-state index in [0.29, 0.717) is 24.0 Å². The maximum atomic E-state index is 13.3. The fourth-order valence-electron chi connectivity index (χ4n) is 5.16. The third kappa shape index (κ3) is 6.98. The van der Waals surface area contributed by atoms with E-state index in [0.717, 1.165) is 68.2 Å². The van der Waals surface area contributed by atoms with Crippen molar-refractivity contribution in [3.8, 4) is 23.0 Å². The van der Waals surface area contributed by atoms with Crippen molar-refractivity contribution in [3.63, 3.8) is 0 Å². The van der Waals surface area contributed by atoms with Gasteiger partial charge in [-0.15, -0.1) is 12.4 Å². The van der Waals surface area contributed by atoms with Crippen LogP contribution in [0.2, 0.25) is 0 Å². The van der Waals surface area contributed by atoms with E-state index in [-0.39, 0.29) is 18.3 Å². The SMILES string of the molecule is COc1ccc(OCCCN2CCCCC(CN3CCc4cc(OC)c(OC)cc4C3=O)C2)cc1.Cl. The van der Waals surface area contributed by atoms with Crippen molar-refractivity contribution in [2.24, 2.45) is 5.92 Å². The Morgan fingerprint density at radius 1 is 0.917 bits per heavy atom. The Morgan fingerprint density at radius 2 is 1.64 bits per heavy atom. The van der Waals surface area contributed by atoms with Gasteiger partial charge in [-0.05, 0) is 80.1 Å². The van der Waals surface area contributed by atoms with Gasteiger partial charge < -0.3 is 28.7 Å². The van der Waals surface area contributed by atoms with Crippen molar-refractivity contribution in [2.45, 2.75) is 32.1 Å². The summed E-state index contributed by atoms with van der Waals surface area (Å²) in [6, 6.07) is 11.5. The van der Waals surface area contributed by atoms with Gasteiger partial charge in [0.05, 0.1) is 27.9 Å². The van der Waals surface area contributed by atoms with Crippen LogP contribution in [0.4, 0.5) is 0 Å². The summed E-state index contributed by atoms with van der Waals surface area (Å²) in [7, 11) is 4.90. The molecule has 198 valence electrons. The van der Waals surface area contributed by atoms with Gasteiger partial charge >= 0.3 is 0 Å². The molecule has 0 bridgehead atoms. The number of likely N-dealkylation sites (tertiary alicyclic amines) is 1. The monoisotopic (exact) mass is 518 g/mol. The van der Waals surface area contributed by atoms with Gasteiger partial charge in [0.25, 0.3) is 5.91 Å². The van der Waals surface area contributed by atoms with Crippen LogP contribution in [-0.2, 0) is 6.42 Å². The van der Waals surface area contributed by atoms with Gasteiger partial charge in [-0.25, -0.2) is 0 Å². The lowest BCUT2D eigenvalue weighted by Gasteiger charge is -2.33. The molecule has 0 radical (unpaired) electrons. The minimum Gasteiger partial charge on any atom is -0.497 e. The standard InChI is InChI=1S/C28H38N2O5.ClH/c1-32-23-8-10-24(11-9-23)35-16-6-14-29-13-5-4-7-21(19-29)20-30-15-12-22-17-26(33-2)27(34-3)18-25(22)28(30)31;/h8-11,17-18,21H,4-7,12-16,19-20H2,1-3H3;1H. The number of carbonyl (C=O) groups is 1. The molecule has 7 nitrogen and oxygen atoms in total. The minimum atomic E-state index is 0. The average molecular weight is 519 g/mol. The van der Waals surface area contributed by atoms with Gasteiger partial charge in [0, 0.05) is 31.7 Å². The van der Waals surface area contributed by atoms with Gasteiger partial charge in [0.15, 0.2) is 11.5 Å². The van der Waals surface area contributed by atoms with Gasteiger partial charge in [-0.1, -0.05) is 6.42 Å². The molecule has 2 aliphatic heterocycles. The molecule has 2 aromatic carbocycles. The molecule has 1 atom stereocenters. The molecule has 8 heteroatoms. The van der Waals surface area contributed by atoms with Crippen LogP contribution in [0.25, 0.3) is 0 Å². The number of hydrogen-bond donors (Lipinski definition) is 0. The number of amides is 1. The van der Waals surface area contributed by atoms with Crippen LogP contribution in [-0.4, -0.2) is 76.4 Å². The molecule has 1 amide bonds. The third-order valence-electron chi connectivity index (χ3n) is 7.06. The maximum Gasteiger partial charge on any atom is 0.254 e. The van der Waals surface area contributed by atoms with E-state index in [2.05, 4.69) is 4.90 Å². The summed E-state index contributed by atoms with van der Waals surface area (Å²) >= 11 is 0. The molecule has 4 rings (SSSR count). The van der Waals surface area contributed by atoms with Crippen LogP contribution in [0.5, 0.6) is 23.0 Å². The third-order valence-corrected chi connectivity index (χ3v) is 7.06. The molecule has 0 N–H and O–H groups in total. The highest BCUT2D eigenvalue weighted by molar-refractivity contribution is 5.97. The molecular weight excluding hydrogens is 480 g/mol. The highest BCUT2D eigenvalue weighted by Crippen LogP contribution is 2.33. The number of rotatable bonds is 10. The van der Waals surface area contributed by atoms with Crippen LogP contribution in [0.1, 0.15) is 41.6 Å². The number of halogens is 1. The summed E-state index contributed by atoms with van der Waals surface area (Å²) < 4.78 is 22.0. The minimum absolute atomic E-state index is 0. The Balaban J connectivity index is 0.00000361. The van der Waals surface area contributed by atoms with Crippen molar-refractivity contribution < 1.29 is 23.7 Å². The lowest BCUT2D eigenvalue weighted by molar-refractivity contribution is 0.0694. The lowest BCUT2D eigenvalue weighted by Crippen LogP contribution is -2.43. The summed E-state index contributed by atoms with van der Waals surface area (Å²) in [6.45, 7) is 5.43. The quantitative estimate of drug-likeness (QED) is 0.425. The van der Waals surface area contributed by atoms with E-state index >= 15 is 0 Å². The van der Waals surface area contributed by atoms with Crippen LogP contribution in [0.3, 0.4) is 0 Å². The Bertz CT molecular complexity index is 985. The first-order valence-corrected chi connectivity index (χ1v) is 12.6. The Labute approximate surface area is 221 Å². The molecule has 0 aromatic heterocycles. The van der Waals surface area contributed by atoms with Crippen molar-refractivity contribution in [1.29, 1.82) is 0 Å². The normalized spacial score (nSPS) is 18.0. The second-order valence-corrected chi connectivity index (χ2v) is 9.41. The summed E-state index contributed by atoms with van der Waals surface area (Å²) in [5.41, 5.74) is 1.79. The van der Waals surface area contributed by atoms with Crippen molar-refractivity contribution in [1.82, 2.24) is 9.80 Å². The maximum absolute atomic E-state index is 13.3. The molecule has 36 heavy (non-hydrogen) atoms. The molecule has 2 aromatic rings. The molecule has 2 heterocycles. The number of fused-ring (bicyclic) bond motifs is 1. The molecule has 1 unspecified atom stereocenters. The average Bonchev–Trinajstić information content (AvgIpc) is 3.12. The van der Waals surface area contributed by atoms with Gasteiger partial charge in [0.2, 0.25) is 0 Å². The fraction of sp³-hybridized carbons (Fsp3) is 0.536. The highest BCUT2D eigenvalue weighted by Gasteiger charge is 2.29. The number of methoxy groups -OCH3 is 3. The summed E-state index contributed by atoms with van der Waals surface area (Å²) in [5, 5.41) is 0. The number of hydrogen-bond acceptors (Lipinski definition) is 6. The zero-order chi connectivity index (χ0) is 24.6. The molecule has 0 saturated carbocycles. The summed E-state index contributed by atoms with van der Waals surface area (Å²) in [6.07, 6.45) is 5.43. The molecule has 1 fully saturated rings. The number of benzene rings is 2. The molecule has 0 aliphatic carbocycles. The number of carbonyl (C=O) groups excluding carboxylic acids is 1. The Hall–Kier alpha value is -2.64. The zero-order valence-corrected chi connectivity index (χ0v) is 22.5. The second kappa shape index (κ2) is 13.6. The van der Waals surface area contributed by atoms with E-state index in [9.17, 15) is 4.79 Å². The van der Waals surface area contributed by atoms with Crippen molar-refractivity contribution in [2.75, 3.05) is 60.7 Å². The van der Waals surface area contributed by atoms with Gasteiger partial charge in [-0.2, -0.15) is 0 Å². The van der Waals surface area contributed by atoms with E-state index in [1.54, 1.807) is 21.3 Å². The largest absolute Gasteiger partial charge is 0.497 e. The Morgan fingerprint density at radius 3 is 2.36 bits per heavy atom. The predicted octanol–water partition coefficient (Wildman–Crippen LogP) is 4.70. The summed E-state index contributed by atoms with van der Waals surface area (Å²) in [5.74, 6) is 3.60. The van der Waals surface area contributed by atoms with Gasteiger partial charge in [-0.3, -0.25) is 4.79 Å². The molecule has 0 spiro atoms. The first kappa shape index (κ1) is 27.9. The van der Waals surface area contributed by atoms with Crippen LogP contribution >= 0.6 is 12.4 Å².